The van der Waals surface area contributed by atoms with Crippen molar-refractivity contribution in [2.45, 2.75) is 31.8 Å². The number of carbonyl (C=O) groups excluding carboxylic acids is 1. The number of likely N-dealkylation sites (tertiary alicyclic amines) is 1. The van der Waals surface area contributed by atoms with Crippen molar-refractivity contribution in [2.24, 2.45) is 0 Å². The first-order valence-electron chi connectivity index (χ1n) is 13.3. The molecule has 10 heteroatoms. The fraction of sp³-hybridized carbons (Fsp3) is 0.345. The summed E-state index contributed by atoms with van der Waals surface area (Å²) < 4.78 is 6.76. The number of ether oxygens (including phenoxy) is 1. The predicted octanol–water partition coefficient (Wildman–Crippen LogP) is 4.61. The highest BCUT2D eigenvalue weighted by molar-refractivity contribution is 9.10. The van der Waals surface area contributed by atoms with Crippen molar-refractivity contribution in [3.8, 4) is 17.1 Å². The van der Waals surface area contributed by atoms with E-state index in [9.17, 15) is 9.59 Å². The smallest absolute Gasteiger partial charge is 0.261 e. The van der Waals surface area contributed by atoms with Gasteiger partial charge in [-0.05, 0) is 91.2 Å². The number of nitrogens with zero attached hydrogens (tertiary/aromatic N) is 3. The van der Waals surface area contributed by atoms with E-state index in [-0.39, 0.29) is 17.5 Å². The molecular formula is C29H31BrN6O3. The number of pyridine rings is 1. The van der Waals surface area contributed by atoms with Crippen LogP contribution in [-0.2, 0) is 6.54 Å². The number of piperidine rings is 1. The van der Waals surface area contributed by atoms with Gasteiger partial charge in [-0.1, -0.05) is 12.1 Å². The number of carbonyl (C=O) groups is 1. The number of H-pyrrole nitrogens is 2. The minimum atomic E-state index is -0.236. The predicted molar refractivity (Wildman–Crippen MR) is 155 cm³/mol. The van der Waals surface area contributed by atoms with Gasteiger partial charge in [0, 0.05) is 30.9 Å². The van der Waals surface area contributed by atoms with E-state index in [2.05, 4.69) is 43.2 Å². The summed E-state index contributed by atoms with van der Waals surface area (Å²) in [4.78, 5) is 41.3. The van der Waals surface area contributed by atoms with Gasteiger partial charge in [0.2, 0.25) is 0 Å². The maximum absolute atomic E-state index is 13.3. The molecule has 6 rings (SSSR count). The zero-order valence-electron chi connectivity index (χ0n) is 21.8. The highest BCUT2D eigenvalue weighted by atomic mass is 79.9. The van der Waals surface area contributed by atoms with Gasteiger partial charge in [0.05, 0.1) is 27.8 Å². The zero-order chi connectivity index (χ0) is 26.9. The van der Waals surface area contributed by atoms with Crippen molar-refractivity contribution in [1.29, 1.82) is 0 Å². The number of anilines is 1. The third kappa shape index (κ3) is 5.18. The second-order valence-corrected chi connectivity index (χ2v) is 11.1. The first-order valence-corrected chi connectivity index (χ1v) is 14.1. The lowest BCUT2D eigenvalue weighted by Crippen LogP contribution is -2.43. The monoisotopic (exact) mass is 590 g/mol. The Morgan fingerprint density at radius 2 is 1.97 bits per heavy atom. The summed E-state index contributed by atoms with van der Waals surface area (Å²) in [6.07, 6.45) is 4.37. The Hall–Kier alpha value is -3.63. The van der Waals surface area contributed by atoms with E-state index in [1.54, 1.807) is 6.20 Å². The van der Waals surface area contributed by atoms with E-state index in [1.807, 2.05) is 47.4 Å². The van der Waals surface area contributed by atoms with E-state index in [0.29, 0.717) is 47.9 Å². The van der Waals surface area contributed by atoms with E-state index in [1.165, 1.54) is 0 Å². The van der Waals surface area contributed by atoms with Gasteiger partial charge in [-0.3, -0.25) is 9.59 Å². The van der Waals surface area contributed by atoms with Gasteiger partial charge < -0.3 is 29.8 Å². The number of rotatable bonds is 8. The standard InChI is InChI=1S/C29H31BrN6O3/c1-35-12-8-19(9-13-35)36-17-18-15-23-24(16-20(18)29(36)38)34-27(33-23)26-22(7-11-32-28(26)37)31-10-4-14-39-25-6-3-2-5-21(25)30/h2-3,5-7,11,15-16,19H,4,8-10,12-14,17H2,1H3,(H,33,34)(H2,31,32,37). The van der Waals surface area contributed by atoms with Gasteiger partial charge in [0.15, 0.2) is 0 Å². The molecule has 0 saturated carbocycles. The van der Waals surface area contributed by atoms with Gasteiger partial charge in [-0.15, -0.1) is 0 Å². The van der Waals surface area contributed by atoms with Crippen molar-refractivity contribution in [1.82, 2.24) is 24.8 Å². The minimum absolute atomic E-state index is 0.0793. The molecule has 4 aromatic rings. The van der Waals surface area contributed by atoms with Crippen LogP contribution in [0.1, 0.15) is 35.2 Å². The first kappa shape index (κ1) is 25.6. The molecule has 0 aliphatic carbocycles. The van der Waals surface area contributed by atoms with E-state index in [4.69, 9.17) is 9.72 Å². The Kier molecular flexibility index (Phi) is 7.14. The number of aromatic nitrogens is 3. The quantitative estimate of drug-likeness (QED) is 0.259. The van der Waals surface area contributed by atoms with Crippen LogP contribution in [0, 0.1) is 0 Å². The van der Waals surface area contributed by atoms with Crippen LogP contribution in [0.25, 0.3) is 22.4 Å². The number of benzene rings is 2. The summed E-state index contributed by atoms with van der Waals surface area (Å²) in [5.41, 5.74) is 4.12. The molecule has 0 radical (unpaired) electrons. The summed E-state index contributed by atoms with van der Waals surface area (Å²) in [6.45, 7) is 3.80. The third-order valence-corrected chi connectivity index (χ3v) is 8.25. The normalized spacial score (nSPS) is 16.2. The van der Waals surface area contributed by atoms with E-state index in [0.717, 1.165) is 53.7 Å². The molecule has 202 valence electrons. The fourth-order valence-corrected chi connectivity index (χ4v) is 5.86. The molecular weight excluding hydrogens is 560 g/mol. The fourth-order valence-electron chi connectivity index (χ4n) is 5.46. The molecule has 9 nitrogen and oxygen atoms in total. The number of imidazole rings is 1. The molecule has 1 fully saturated rings. The van der Waals surface area contributed by atoms with Crippen LogP contribution in [0.2, 0.25) is 0 Å². The van der Waals surface area contributed by atoms with Crippen LogP contribution >= 0.6 is 15.9 Å². The lowest BCUT2D eigenvalue weighted by molar-refractivity contribution is 0.0617. The SMILES string of the molecule is CN1CCC(N2Cc3cc4[nH]c(-c5c(NCCCOc6ccccc6Br)cc[nH]c5=O)nc4cc3C2=O)CC1. The molecule has 2 aromatic heterocycles. The number of para-hydroxylation sites is 1. The Bertz CT molecular complexity index is 1570. The van der Waals surface area contributed by atoms with Crippen molar-refractivity contribution >= 4 is 38.6 Å². The molecule has 1 saturated heterocycles. The van der Waals surface area contributed by atoms with Crippen molar-refractivity contribution < 1.29 is 9.53 Å². The largest absolute Gasteiger partial charge is 0.492 e. The molecule has 0 bridgehead atoms. The minimum Gasteiger partial charge on any atom is -0.492 e. The molecule has 1 amide bonds. The van der Waals surface area contributed by atoms with Gasteiger partial charge in [0.25, 0.3) is 11.5 Å². The van der Waals surface area contributed by atoms with Crippen LogP contribution in [0.15, 0.2) is 57.9 Å². The molecule has 0 spiro atoms. The molecule has 4 heterocycles. The maximum Gasteiger partial charge on any atom is 0.261 e. The number of aromatic amines is 2. The highest BCUT2D eigenvalue weighted by Gasteiger charge is 2.34. The molecule has 2 aliphatic rings. The molecule has 39 heavy (non-hydrogen) atoms. The number of halogens is 1. The van der Waals surface area contributed by atoms with E-state index < -0.39 is 0 Å². The highest BCUT2D eigenvalue weighted by Crippen LogP contribution is 2.32. The molecule has 0 atom stereocenters. The molecule has 3 N–H and O–H groups in total. The van der Waals surface area contributed by atoms with Crippen LogP contribution in [0.5, 0.6) is 5.75 Å². The summed E-state index contributed by atoms with van der Waals surface area (Å²) in [5.74, 6) is 1.36. The van der Waals surface area contributed by atoms with Gasteiger partial charge in [-0.25, -0.2) is 4.98 Å². The lowest BCUT2D eigenvalue weighted by Gasteiger charge is -2.34. The number of hydrogen-bond donors (Lipinski definition) is 3. The van der Waals surface area contributed by atoms with Gasteiger partial charge in [0.1, 0.15) is 17.1 Å². The Labute approximate surface area is 234 Å². The third-order valence-electron chi connectivity index (χ3n) is 7.60. The van der Waals surface area contributed by atoms with Crippen LogP contribution < -0.4 is 15.6 Å². The van der Waals surface area contributed by atoms with Crippen molar-refractivity contribution in [3.63, 3.8) is 0 Å². The maximum atomic E-state index is 13.3. The lowest BCUT2D eigenvalue weighted by atomic mass is 10.0. The summed E-state index contributed by atoms with van der Waals surface area (Å²) in [5, 5.41) is 3.36. The number of amides is 1. The number of nitrogens with one attached hydrogen (secondary N) is 3. The van der Waals surface area contributed by atoms with Gasteiger partial charge >= 0.3 is 0 Å². The van der Waals surface area contributed by atoms with Crippen molar-refractivity contribution in [2.75, 3.05) is 38.6 Å². The topological polar surface area (TPSA) is 106 Å². The van der Waals surface area contributed by atoms with E-state index >= 15 is 0 Å². The Morgan fingerprint density at radius 1 is 1.15 bits per heavy atom. The zero-order valence-corrected chi connectivity index (χ0v) is 23.4. The average Bonchev–Trinajstić information content (AvgIpc) is 3.48. The van der Waals surface area contributed by atoms with Crippen LogP contribution in [0.3, 0.4) is 0 Å². The van der Waals surface area contributed by atoms with Crippen molar-refractivity contribution in [3.05, 3.63) is 74.6 Å². The summed E-state index contributed by atoms with van der Waals surface area (Å²) >= 11 is 3.49. The summed E-state index contributed by atoms with van der Waals surface area (Å²) in [6, 6.07) is 13.7. The van der Waals surface area contributed by atoms with Crippen LogP contribution in [-0.4, -0.2) is 70.0 Å². The van der Waals surface area contributed by atoms with Crippen LogP contribution in [0.4, 0.5) is 5.69 Å². The average molecular weight is 592 g/mol. The molecule has 2 aromatic carbocycles. The first-order chi connectivity index (χ1) is 19.0. The second-order valence-electron chi connectivity index (χ2n) is 10.2. The second kappa shape index (κ2) is 10.9. The molecule has 0 unspecified atom stereocenters. The van der Waals surface area contributed by atoms with Gasteiger partial charge in [-0.2, -0.15) is 0 Å². The Balaban J connectivity index is 1.17. The summed E-state index contributed by atoms with van der Waals surface area (Å²) in [7, 11) is 2.13. The molecule has 2 aliphatic heterocycles. The Morgan fingerprint density at radius 3 is 2.79 bits per heavy atom. The number of fused-ring (bicyclic) bond motifs is 2. The number of hydrogen-bond acceptors (Lipinski definition) is 6.